The van der Waals surface area contributed by atoms with E-state index in [1.807, 2.05) is 0 Å². The van der Waals surface area contributed by atoms with Crippen LogP contribution in [0.3, 0.4) is 0 Å². The van der Waals surface area contributed by atoms with Gasteiger partial charge < -0.3 is 0 Å². The van der Waals surface area contributed by atoms with Gasteiger partial charge in [0.1, 0.15) is 0 Å². The molecule has 2 aromatic rings. The lowest BCUT2D eigenvalue weighted by Gasteiger charge is -2.36. The lowest BCUT2D eigenvalue weighted by Crippen LogP contribution is -2.26. The topological polar surface area (TPSA) is 0 Å². The van der Waals surface area contributed by atoms with E-state index in [2.05, 4.69) is 56.3 Å². The number of benzene rings is 2. The molecule has 0 aromatic heterocycles. The van der Waals surface area contributed by atoms with E-state index in [1.165, 1.54) is 93.7 Å². The predicted molar refractivity (Wildman–Crippen MR) is 126 cm³/mol. The Kier molecular flexibility index (Phi) is 7.11. The summed E-state index contributed by atoms with van der Waals surface area (Å²) in [5.74, 6) is 2.97. The Morgan fingerprint density at radius 3 is 2.21 bits per heavy atom. The number of fused-ring (bicyclic) bond motifs is 1. The highest BCUT2D eigenvalue weighted by Crippen LogP contribution is 2.41. The summed E-state index contributed by atoms with van der Waals surface area (Å²) in [6.07, 6.45) is 16.7. The maximum absolute atomic E-state index is 2.49. The molecule has 156 valence electrons. The van der Waals surface area contributed by atoms with Crippen molar-refractivity contribution in [1.29, 1.82) is 0 Å². The molecule has 1 atom stereocenters. The number of aryl methyl sites for hydroxylation is 2. The second-order valence-electron chi connectivity index (χ2n) is 9.86. The third-order valence-electron chi connectivity index (χ3n) is 7.82. The molecule has 0 amide bonds. The van der Waals surface area contributed by atoms with Crippen molar-refractivity contribution in [2.75, 3.05) is 0 Å². The molecule has 29 heavy (non-hydrogen) atoms. The molecular formula is C29H40. The van der Waals surface area contributed by atoms with Crippen LogP contribution in [0.25, 0.3) is 11.1 Å². The zero-order chi connectivity index (χ0) is 20.1. The Hall–Kier alpha value is -1.56. The molecule has 0 spiro atoms. The van der Waals surface area contributed by atoms with Crippen LogP contribution in [0.5, 0.6) is 0 Å². The Labute approximate surface area is 179 Å². The average Bonchev–Trinajstić information content (AvgIpc) is 2.78. The number of rotatable bonds is 7. The largest absolute Gasteiger partial charge is 0.0654 e. The molecule has 0 heteroatoms. The molecule has 4 rings (SSSR count). The zero-order valence-corrected chi connectivity index (χ0v) is 18.8. The van der Waals surface area contributed by atoms with Gasteiger partial charge in [-0.3, -0.25) is 0 Å². The van der Waals surface area contributed by atoms with Gasteiger partial charge in [0, 0.05) is 0 Å². The fraction of sp³-hybridized carbons (Fsp3) is 0.586. The van der Waals surface area contributed by atoms with Crippen LogP contribution in [-0.4, -0.2) is 0 Å². The van der Waals surface area contributed by atoms with Crippen molar-refractivity contribution in [2.45, 2.75) is 90.9 Å². The summed E-state index contributed by atoms with van der Waals surface area (Å²) in [4.78, 5) is 0. The standard InChI is InChI=1S/C29H40/c1-3-5-7-23-10-14-25(15-11-23)27-17-19-28-20-26(16-18-29(28)21-27)24-12-8-22(6-4-2)9-13-24/h8-9,12-13,16,18,20,23,25,27H,3-7,10-11,14-15,17,19,21H2,1-2H3. The first kappa shape index (κ1) is 20.7. The van der Waals surface area contributed by atoms with Gasteiger partial charge in [-0.1, -0.05) is 94.8 Å². The number of hydrogen-bond acceptors (Lipinski definition) is 0. The van der Waals surface area contributed by atoms with Crippen molar-refractivity contribution in [3.05, 3.63) is 59.2 Å². The Morgan fingerprint density at radius 2 is 1.48 bits per heavy atom. The zero-order valence-electron chi connectivity index (χ0n) is 18.8. The van der Waals surface area contributed by atoms with E-state index in [1.54, 1.807) is 11.1 Å². The maximum atomic E-state index is 2.49. The van der Waals surface area contributed by atoms with Crippen LogP contribution in [0.4, 0.5) is 0 Å². The van der Waals surface area contributed by atoms with Gasteiger partial charge >= 0.3 is 0 Å². The molecule has 0 aliphatic heterocycles. The van der Waals surface area contributed by atoms with E-state index in [0.29, 0.717) is 0 Å². The van der Waals surface area contributed by atoms with Gasteiger partial charge in [0.25, 0.3) is 0 Å². The fourth-order valence-electron chi connectivity index (χ4n) is 5.96. The minimum absolute atomic E-state index is 0.939. The molecule has 2 aromatic carbocycles. The molecule has 0 heterocycles. The first-order chi connectivity index (χ1) is 14.3. The molecule has 1 unspecified atom stereocenters. The highest BCUT2D eigenvalue weighted by molar-refractivity contribution is 5.65. The molecule has 1 saturated carbocycles. The predicted octanol–water partition coefficient (Wildman–Crippen LogP) is 8.41. The first-order valence-corrected chi connectivity index (χ1v) is 12.5. The minimum atomic E-state index is 0.939. The van der Waals surface area contributed by atoms with Crippen LogP contribution in [-0.2, 0) is 19.3 Å². The minimum Gasteiger partial charge on any atom is -0.0654 e. The highest BCUT2D eigenvalue weighted by Gasteiger charge is 2.30. The van der Waals surface area contributed by atoms with Crippen molar-refractivity contribution in [3.63, 3.8) is 0 Å². The smallest absolute Gasteiger partial charge is 0.0181 e. The van der Waals surface area contributed by atoms with E-state index in [-0.39, 0.29) is 0 Å². The molecule has 1 fully saturated rings. The molecule has 0 N–H and O–H groups in total. The number of unbranched alkanes of at least 4 members (excludes halogenated alkanes) is 1. The second-order valence-corrected chi connectivity index (χ2v) is 9.86. The molecule has 0 bridgehead atoms. The SMILES string of the molecule is CCCCC1CCC(C2CCc3cc(-c4ccc(CCC)cc4)ccc3C2)CC1. The summed E-state index contributed by atoms with van der Waals surface area (Å²) in [6, 6.07) is 16.6. The summed E-state index contributed by atoms with van der Waals surface area (Å²) < 4.78 is 0. The average molecular weight is 389 g/mol. The van der Waals surface area contributed by atoms with Gasteiger partial charge in [-0.2, -0.15) is 0 Å². The van der Waals surface area contributed by atoms with E-state index in [4.69, 9.17) is 0 Å². The normalized spacial score (nSPS) is 24.3. The lowest BCUT2D eigenvalue weighted by molar-refractivity contribution is 0.183. The van der Waals surface area contributed by atoms with Crippen molar-refractivity contribution in [1.82, 2.24) is 0 Å². The Bertz CT molecular complexity index is 761. The van der Waals surface area contributed by atoms with Crippen LogP contribution >= 0.6 is 0 Å². The summed E-state index contributed by atoms with van der Waals surface area (Å²) in [5.41, 5.74) is 7.50. The van der Waals surface area contributed by atoms with Crippen LogP contribution in [0, 0.1) is 17.8 Å². The second kappa shape index (κ2) is 9.96. The third kappa shape index (κ3) is 5.14. The summed E-state index contributed by atoms with van der Waals surface area (Å²) >= 11 is 0. The van der Waals surface area contributed by atoms with Crippen molar-refractivity contribution < 1.29 is 0 Å². The summed E-state index contributed by atoms with van der Waals surface area (Å²) in [6.45, 7) is 4.58. The van der Waals surface area contributed by atoms with Gasteiger partial charge in [-0.05, 0) is 84.1 Å². The van der Waals surface area contributed by atoms with E-state index >= 15 is 0 Å². The maximum Gasteiger partial charge on any atom is -0.0181 e. The van der Waals surface area contributed by atoms with Crippen LogP contribution in [0.15, 0.2) is 42.5 Å². The van der Waals surface area contributed by atoms with Crippen molar-refractivity contribution in [2.24, 2.45) is 17.8 Å². The van der Waals surface area contributed by atoms with Gasteiger partial charge in [-0.15, -0.1) is 0 Å². The fourth-order valence-corrected chi connectivity index (χ4v) is 5.96. The van der Waals surface area contributed by atoms with E-state index in [9.17, 15) is 0 Å². The van der Waals surface area contributed by atoms with Crippen LogP contribution < -0.4 is 0 Å². The Morgan fingerprint density at radius 1 is 0.724 bits per heavy atom. The van der Waals surface area contributed by atoms with E-state index in [0.717, 1.165) is 17.8 Å². The monoisotopic (exact) mass is 388 g/mol. The first-order valence-electron chi connectivity index (χ1n) is 12.5. The van der Waals surface area contributed by atoms with Gasteiger partial charge in [0.15, 0.2) is 0 Å². The third-order valence-corrected chi connectivity index (χ3v) is 7.82. The van der Waals surface area contributed by atoms with Gasteiger partial charge in [0.05, 0.1) is 0 Å². The molecule has 2 aliphatic rings. The number of hydrogen-bond donors (Lipinski definition) is 0. The van der Waals surface area contributed by atoms with Gasteiger partial charge in [-0.25, -0.2) is 0 Å². The summed E-state index contributed by atoms with van der Waals surface area (Å²) in [7, 11) is 0. The van der Waals surface area contributed by atoms with Crippen LogP contribution in [0.2, 0.25) is 0 Å². The van der Waals surface area contributed by atoms with Crippen molar-refractivity contribution >= 4 is 0 Å². The molecular weight excluding hydrogens is 348 g/mol. The highest BCUT2D eigenvalue weighted by atomic mass is 14.3. The quantitative estimate of drug-likeness (QED) is 0.446. The van der Waals surface area contributed by atoms with E-state index < -0.39 is 0 Å². The van der Waals surface area contributed by atoms with Crippen LogP contribution in [0.1, 0.15) is 88.3 Å². The molecule has 0 radical (unpaired) electrons. The lowest BCUT2D eigenvalue weighted by atomic mass is 9.69. The molecule has 2 aliphatic carbocycles. The molecule has 0 nitrogen and oxygen atoms in total. The summed E-state index contributed by atoms with van der Waals surface area (Å²) in [5, 5.41) is 0. The van der Waals surface area contributed by atoms with Crippen molar-refractivity contribution in [3.8, 4) is 11.1 Å². The molecule has 0 saturated heterocycles. The van der Waals surface area contributed by atoms with Gasteiger partial charge in [0.2, 0.25) is 0 Å². The Balaban J connectivity index is 1.37.